The van der Waals surface area contributed by atoms with Crippen LogP contribution in [-0.4, -0.2) is 21.5 Å². The number of aryl methyl sites for hydroxylation is 2. The first kappa shape index (κ1) is 16.6. The third-order valence-corrected chi connectivity index (χ3v) is 4.08. The van der Waals surface area contributed by atoms with Gasteiger partial charge in [0, 0.05) is 24.4 Å². The highest BCUT2D eigenvalue weighted by molar-refractivity contribution is 6.15. The Morgan fingerprint density at radius 1 is 1.00 bits per heavy atom. The molecule has 0 saturated carbocycles. The molecule has 0 atom stereocenters. The Morgan fingerprint density at radius 2 is 1.68 bits per heavy atom. The summed E-state index contributed by atoms with van der Waals surface area (Å²) in [6.07, 6.45) is 1.68. The van der Waals surface area contributed by atoms with E-state index in [0.29, 0.717) is 23.2 Å². The van der Waals surface area contributed by atoms with E-state index in [4.69, 9.17) is 0 Å². The molecule has 0 bridgehead atoms. The van der Waals surface area contributed by atoms with E-state index >= 15 is 0 Å². The van der Waals surface area contributed by atoms with Gasteiger partial charge < -0.3 is 5.32 Å². The number of hydrogen-bond acceptors (Lipinski definition) is 3. The fourth-order valence-corrected chi connectivity index (χ4v) is 2.58. The summed E-state index contributed by atoms with van der Waals surface area (Å²) in [5.41, 5.74) is 3.30. The maximum absolute atomic E-state index is 12.8. The summed E-state index contributed by atoms with van der Waals surface area (Å²) in [4.78, 5) is 25.3. The normalized spacial score (nSPS) is 10.5. The van der Waals surface area contributed by atoms with Gasteiger partial charge in [-0.1, -0.05) is 48.0 Å². The van der Waals surface area contributed by atoms with Crippen LogP contribution in [0.4, 0.5) is 0 Å². The molecular weight excluding hydrogens is 314 g/mol. The average molecular weight is 333 g/mol. The van der Waals surface area contributed by atoms with Gasteiger partial charge in [0.2, 0.25) is 0 Å². The molecule has 0 unspecified atom stereocenters. The zero-order chi connectivity index (χ0) is 17.8. The van der Waals surface area contributed by atoms with Crippen molar-refractivity contribution in [1.29, 1.82) is 0 Å². The van der Waals surface area contributed by atoms with Crippen LogP contribution in [0.25, 0.3) is 0 Å². The molecule has 1 N–H and O–H groups in total. The molecule has 0 aliphatic rings. The zero-order valence-corrected chi connectivity index (χ0v) is 14.2. The molecule has 0 aliphatic carbocycles. The first-order valence-electron chi connectivity index (χ1n) is 8.02. The number of carbonyl (C=O) groups is 2. The predicted octanol–water partition coefficient (Wildman–Crippen LogP) is 2.89. The van der Waals surface area contributed by atoms with E-state index in [-0.39, 0.29) is 11.7 Å². The van der Waals surface area contributed by atoms with Crippen LogP contribution in [0.1, 0.15) is 37.5 Å². The van der Waals surface area contributed by atoms with Crippen molar-refractivity contribution in [2.24, 2.45) is 7.05 Å². The summed E-state index contributed by atoms with van der Waals surface area (Å²) >= 11 is 0. The van der Waals surface area contributed by atoms with E-state index in [1.54, 1.807) is 47.3 Å². The van der Waals surface area contributed by atoms with Crippen molar-refractivity contribution in [1.82, 2.24) is 15.1 Å². The number of rotatable bonds is 5. The van der Waals surface area contributed by atoms with Gasteiger partial charge in [0.1, 0.15) is 0 Å². The Hall–Kier alpha value is -3.21. The van der Waals surface area contributed by atoms with Gasteiger partial charge in [-0.2, -0.15) is 5.10 Å². The molecule has 0 fully saturated rings. The van der Waals surface area contributed by atoms with Gasteiger partial charge in [-0.15, -0.1) is 0 Å². The molecule has 3 aromatic rings. The van der Waals surface area contributed by atoms with Crippen LogP contribution in [-0.2, 0) is 13.6 Å². The van der Waals surface area contributed by atoms with Crippen LogP contribution in [0.2, 0.25) is 0 Å². The van der Waals surface area contributed by atoms with Crippen molar-refractivity contribution in [2.75, 3.05) is 0 Å². The van der Waals surface area contributed by atoms with Crippen molar-refractivity contribution >= 4 is 11.7 Å². The molecule has 5 heteroatoms. The molecule has 2 aromatic carbocycles. The number of ketones is 1. The SMILES string of the molecule is Cc1ccc(C(=O)c2ccccc2C(=O)NCc2ccnn2C)cc1. The topological polar surface area (TPSA) is 64.0 Å². The Morgan fingerprint density at radius 3 is 2.32 bits per heavy atom. The Labute approximate surface area is 146 Å². The van der Waals surface area contributed by atoms with Crippen LogP contribution < -0.4 is 5.32 Å². The van der Waals surface area contributed by atoms with E-state index in [0.717, 1.165) is 11.3 Å². The minimum Gasteiger partial charge on any atom is -0.346 e. The standard InChI is InChI=1S/C20H19N3O2/c1-14-7-9-15(10-8-14)19(24)17-5-3-4-6-18(17)20(25)21-13-16-11-12-22-23(16)2/h3-12H,13H2,1-2H3,(H,21,25). The lowest BCUT2D eigenvalue weighted by Gasteiger charge is -2.10. The van der Waals surface area contributed by atoms with Gasteiger partial charge >= 0.3 is 0 Å². The first-order chi connectivity index (χ1) is 12.1. The van der Waals surface area contributed by atoms with E-state index in [1.807, 2.05) is 32.2 Å². The number of hydrogen-bond donors (Lipinski definition) is 1. The average Bonchev–Trinajstić information content (AvgIpc) is 3.04. The minimum atomic E-state index is -0.280. The van der Waals surface area contributed by atoms with Crippen LogP contribution in [0.3, 0.4) is 0 Å². The second-order valence-electron chi connectivity index (χ2n) is 5.87. The lowest BCUT2D eigenvalue weighted by Crippen LogP contribution is -2.26. The number of nitrogens with zero attached hydrogens (tertiary/aromatic N) is 2. The summed E-state index contributed by atoms with van der Waals surface area (Å²) in [5, 5.41) is 6.92. The van der Waals surface area contributed by atoms with E-state index in [9.17, 15) is 9.59 Å². The molecule has 0 aliphatic heterocycles. The largest absolute Gasteiger partial charge is 0.346 e. The third kappa shape index (κ3) is 3.66. The molecule has 126 valence electrons. The monoisotopic (exact) mass is 333 g/mol. The number of nitrogens with one attached hydrogen (secondary N) is 1. The fraction of sp³-hybridized carbons (Fsp3) is 0.150. The lowest BCUT2D eigenvalue weighted by molar-refractivity contribution is 0.0939. The molecule has 1 heterocycles. The molecule has 0 radical (unpaired) electrons. The highest BCUT2D eigenvalue weighted by atomic mass is 16.2. The molecule has 0 spiro atoms. The van der Waals surface area contributed by atoms with E-state index < -0.39 is 0 Å². The number of amides is 1. The highest BCUT2D eigenvalue weighted by Crippen LogP contribution is 2.15. The minimum absolute atomic E-state index is 0.161. The van der Waals surface area contributed by atoms with Gasteiger partial charge in [0.15, 0.2) is 5.78 Å². The van der Waals surface area contributed by atoms with Crippen molar-refractivity contribution in [3.8, 4) is 0 Å². The fourth-order valence-electron chi connectivity index (χ4n) is 2.58. The second-order valence-corrected chi connectivity index (χ2v) is 5.87. The van der Waals surface area contributed by atoms with Crippen LogP contribution >= 0.6 is 0 Å². The zero-order valence-electron chi connectivity index (χ0n) is 14.2. The van der Waals surface area contributed by atoms with E-state index in [1.165, 1.54) is 0 Å². The van der Waals surface area contributed by atoms with Crippen molar-refractivity contribution in [2.45, 2.75) is 13.5 Å². The molecule has 1 aromatic heterocycles. The maximum atomic E-state index is 12.8. The van der Waals surface area contributed by atoms with E-state index in [2.05, 4.69) is 10.4 Å². The van der Waals surface area contributed by atoms with Crippen LogP contribution in [0.15, 0.2) is 60.8 Å². The number of benzene rings is 2. The van der Waals surface area contributed by atoms with Crippen molar-refractivity contribution < 1.29 is 9.59 Å². The van der Waals surface area contributed by atoms with Gasteiger partial charge in [0.25, 0.3) is 5.91 Å². The summed E-state index contributed by atoms with van der Waals surface area (Å²) in [6, 6.07) is 16.0. The Bertz CT molecular complexity index is 911. The third-order valence-electron chi connectivity index (χ3n) is 4.08. The van der Waals surface area contributed by atoms with Crippen LogP contribution in [0, 0.1) is 6.92 Å². The van der Waals surface area contributed by atoms with Gasteiger partial charge in [-0.05, 0) is 19.1 Å². The summed E-state index contributed by atoms with van der Waals surface area (Å²) < 4.78 is 1.70. The van der Waals surface area contributed by atoms with Gasteiger partial charge in [-0.3, -0.25) is 14.3 Å². The summed E-state index contributed by atoms with van der Waals surface area (Å²) in [5.74, 6) is -0.441. The summed E-state index contributed by atoms with van der Waals surface area (Å²) in [7, 11) is 1.82. The maximum Gasteiger partial charge on any atom is 0.252 e. The molecule has 1 amide bonds. The smallest absolute Gasteiger partial charge is 0.252 e. The Balaban J connectivity index is 1.82. The Kier molecular flexibility index (Phi) is 4.75. The first-order valence-corrected chi connectivity index (χ1v) is 8.02. The van der Waals surface area contributed by atoms with Crippen molar-refractivity contribution in [3.05, 3.63) is 88.7 Å². The highest BCUT2D eigenvalue weighted by Gasteiger charge is 2.18. The predicted molar refractivity (Wildman–Crippen MR) is 95.4 cm³/mol. The molecule has 5 nitrogen and oxygen atoms in total. The van der Waals surface area contributed by atoms with Gasteiger partial charge in [-0.25, -0.2) is 0 Å². The molecule has 25 heavy (non-hydrogen) atoms. The summed E-state index contributed by atoms with van der Waals surface area (Å²) in [6.45, 7) is 2.32. The quantitative estimate of drug-likeness (QED) is 0.730. The molecule has 3 rings (SSSR count). The number of aromatic nitrogens is 2. The van der Waals surface area contributed by atoms with Crippen LogP contribution in [0.5, 0.6) is 0 Å². The lowest BCUT2D eigenvalue weighted by atomic mass is 9.97. The number of carbonyl (C=O) groups excluding carboxylic acids is 2. The molecule has 0 saturated heterocycles. The van der Waals surface area contributed by atoms with Crippen molar-refractivity contribution in [3.63, 3.8) is 0 Å². The molecular formula is C20H19N3O2. The second kappa shape index (κ2) is 7.13. The van der Waals surface area contributed by atoms with Gasteiger partial charge in [0.05, 0.1) is 17.8 Å².